The molecule has 0 fully saturated rings. The Morgan fingerprint density at radius 1 is 1.00 bits per heavy atom. The van der Waals surface area contributed by atoms with Gasteiger partial charge in [-0.25, -0.2) is 0 Å². The van der Waals surface area contributed by atoms with E-state index in [0.717, 1.165) is 13.2 Å². The first-order valence-electron chi connectivity index (χ1n) is 7.05. The minimum absolute atomic E-state index is 0.411. The summed E-state index contributed by atoms with van der Waals surface area (Å²) in [6, 6.07) is 0.558. The second-order valence-electron chi connectivity index (χ2n) is 4.91. The van der Waals surface area contributed by atoms with Crippen LogP contribution in [0.5, 0.6) is 0 Å². The van der Waals surface area contributed by atoms with E-state index in [9.17, 15) is 0 Å². The second kappa shape index (κ2) is 11.4. The van der Waals surface area contributed by atoms with Gasteiger partial charge in [0, 0.05) is 19.2 Å². The molecule has 2 heteroatoms. The van der Waals surface area contributed by atoms with Crippen molar-refractivity contribution in [1.29, 1.82) is 0 Å². The molecule has 98 valence electrons. The first-order chi connectivity index (χ1) is 7.70. The van der Waals surface area contributed by atoms with E-state index >= 15 is 0 Å². The molecule has 2 nitrogen and oxygen atoms in total. The highest BCUT2D eigenvalue weighted by atomic mass is 16.5. The topological polar surface area (TPSA) is 21.3 Å². The van der Waals surface area contributed by atoms with Crippen molar-refractivity contribution in [2.24, 2.45) is 0 Å². The van der Waals surface area contributed by atoms with Crippen molar-refractivity contribution in [1.82, 2.24) is 5.32 Å². The molecule has 0 aliphatic rings. The van der Waals surface area contributed by atoms with Gasteiger partial charge in [-0.05, 0) is 12.8 Å². The second-order valence-corrected chi connectivity index (χ2v) is 4.91. The van der Waals surface area contributed by atoms with Gasteiger partial charge in [-0.1, -0.05) is 53.4 Å². The van der Waals surface area contributed by atoms with E-state index < -0.39 is 0 Å². The molecule has 0 aromatic carbocycles. The first kappa shape index (κ1) is 15.9. The van der Waals surface area contributed by atoms with Crippen LogP contribution in [-0.2, 0) is 4.74 Å². The monoisotopic (exact) mass is 229 g/mol. The average Bonchev–Trinajstić information content (AvgIpc) is 2.25. The van der Waals surface area contributed by atoms with Crippen LogP contribution in [0.1, 0.15) is 66.2 Å². The van der Waals surface area contributed by atoms with E-state index in [-0.39, 0.29) is 0 Å². The van der Waals surface area contributed by atoms with Crippen molar-refractivity contribution in [3.63, 3.8) is 0 Å². The smallest absolute Gasteiger partial charge is 0.0699 e. The summed E-state index contributed by atoms with van der Waals surface area (Å²) in [7, 11) is 0. The van der Waals surface area contributed by atoms with Gasteiger partial charge in [-0.2, -0.15) is 0 Å². The minimum Gasteiger partial charge on any atom is -0.377 e. The molecule has 16 heavy (non-hydrogen) atoms. The van der Waals surface area contributed by atoms with Crippen LogP contribution >= 0.6 is 0 Å². The summed E-state index contributed by atoms with van der Waals surface area (Å²) < 4.78 is 5.92. The Morgan fingerprint density at radius 2 is 1.75 bits per heavy atom. The standard InChI is InChI=1S/C14H31NO/c1-5-7-8-9-11-16-14(10-6-2)12-15-13(3)4/h13-15H,5-12H2,1-4H3. The fourth-order valence-corrected chi connectivity index (χ4v) is 1.71. The molecule has 1 unspecified atom stereocenters. The molecule has 1 N–H and O–H groups in total. The number of hydrogen-bond acceptors (Lipinski definition) is 2. The van der Waals surface area contributed by atoms with Gasteiger partial charge in [0.2, 0.25) is 0 Å². The lowest BCUT2D eigenvalue weighted by molar-refractivity contribution is 0.0433. The zero-order valence-corrected chi connectivity index (χ0v) is 11.7. The van der Waals surface area contributed by atoms with Crippen molar-refractivity contribution in [3.8, 4) is 0 Å². The molecule has 0 rings (SSSR count). The predicted molar refractivity (Wildman–Crippen MR) is 71.9 cm³/mol. The minimum atomic E-state index is 0.411. The molecule has 0 bridgehead atoms. The number of unbranched alkanes of at least 4 members (excludes halogenated alkanes) is 3. The van der Waals surface area contributed by atoms with E-state index in [2.05, 4.69) is 33.0 Å². The average molecular weight is 229 g/mol. The third-order valence-electron chi connectivity index (χ3n) is 2.72. The van der Waals surface area contributed by atoms with E-state index in [1.807, 2.05) is 0 Å². The number of ether oxygens (including phenoxy) is 1. The molecule has 0 aromatic rings. The maximum Gasteiger partial charge on any atom is 0.0699 e. The van der Waals surface area contributed by atoms with Crippen LogP contribution < -0.4 is 5.32 Å². The zero-order chi connectivity index (χ0) is 12.2. The van der Waals surface area contributed by atoms with Gasteiger partial charge in [0.25, 0.3) is 0 Å². The molecule has 0 saturated carbocycles. The summed E-state index contributed by atoms with van der Waals surface area (Å²) >= 11 is 0. The summed E-state index contributed by atoms with van der Waals surface area (Å²) in [6.07, 6.45) is 7.96. The molecule has 0 spiro atoms. The lowest BCUT2D eigenvalue weighted by Gasteiger charge is -2.19. The van der Waals surface area contributed by atoms with E-state index in [1.54, 1.807) is 0 Å². The highest BCUT2D eigenvalue weighted by Crippen LogP contribution is 2.05. The van der Waals surface area contributed by atoms with Gasteiger partial charge in [0.05, 0.1) is 6.10 Å². The maximum absolute atomic E-state index is 5.92. The Labute approximate surface area is 102 Å². The van der Waals surface area contributed by atoms with E-state index in [0.29, 0.717) is 12.1 Å². The molecule has 0 aromatic heterocycles. The van der Waals surface area contributed by atoms with Crippen LogP contribution in [0.2, 0.25) is 0 Å². The van der Waals surface area contributed by atoms with Crippen molar-refractivity contribution in [2.75, 3.05) is 13.2 Å². The Hall–Kier alpha value is -0.0800. The molecule has 0 saturated heterocycles. The van der Waals surface area contributed by atoms with Crippen LogP contribution in [-0.4, -0.2) is 25.3 Å². The first-order valence-corrected chi connectivity index (χ1v) is 7.05. The predicted octanol–water partition coefficient (Wildman–Crippen LogP) is 3.75. The van der Waals surface area contributed by atoms with Gasteiger partial charge in [0.15, 0.2) is 0 Å². The van der Waals surface area contributed by atoms with Crippen molar-refractivity contribution < 1.29 is 4.74 Å². The van der Waals surface area contributed by atoms with E-state index in [1.165, 1.54) is 38.5 Å². The third-order valence-corrected chi connectivity index (χ3v) is 2.72. The molecular formula is C14H31NO. The molecule has 0 aliphatic heterocycles. The van der Waals surface area contributed by atoms with Crippen LogP contribution in [0.3, 0.4) is 0 Å². The Morgan fingerprint density at radius 3 is 2.31 bits per heavy atom. The summed E-state index contributed by atoms with van der Waals surface area (Å²) in [5.41, 5.74) is 0. The van der Waals surface area contributed by atoms with Crippen LogP contribution in [0, 0.1) is 0 Å². The normalized spacial score (nSPS) is 13.3. The Balaban J connectivity index is 3.51. The number of nitrogens with one attached hydrogen (secondary N) is 1. The Bertz CT molecular complexity index is 137. The Kier molecular flexibility index (Phi) is 11.3. The quantitative estimate of drug-likeness (QED) is 0.545. The van der Waals surface area contributed by atoms with Gasteiger partial charge in [0.1, 0.15) is 0 Å². The SMILES string of the molecule is CCCCCCOC(CCC)CNC(C)C. The van der Waals surface area contributed by atoms with Crippen molar-refractivity contribution in [3.05, 3.63) is 0 Å². The van der Waals surface area contributed by atoms with Gasteiger partial charge >= 0.3 is 0 Å². The third kappa shape index (κ3) is 10.4. The van der Waals surface area contributed by atoms with E-state index in [4.69, 9.17) is 4.74 Å². The van der Waals surface area contributed by atoms with Crippen LogP contribution in [0.4, 0.5) is 0 Å². The molecule has 1 atom stereocenters. The number of rotatable bonds is 11. The molecule has 0 heterocycles. The number of hydrogen-bond donors (Lipinski definition) is 1. The zero-order valence-electron chi connectivity index (χ0n) is 11.7. The lowest BCUT2D eigenvalue weighted by atomic mass is 10.2. The van der Waals surface area contributed by atoms with Crippen molar-refractivity contribution in [2.45, 2.75) is 78.4 Å². The largest absolute Gasteiger partial charge is 0.377 e. The summed E-state index contributed by atoms with van der Waals surface area (Å²) in [5, 5.41) is 3.46. The van der Waals surface area contributed by atoms with Crippen LogP contribution in [0.25, 0.3) is 0 Å². The van der Waals surface area contributed by atoms with Crippen LogP contribution in [0.15, 0.2) is 0 Å². The van der Waals surface area contributed by atoms with Gasteiger partial charge in [-0.15, -0.1) is 0 Å². The maximum atomic E-state index is 5.92. The summed E-state index contributed by atoms with van der Waals surface area (Å²) in [4.78, 5) is 0. The fourth-order valence-electron chi connectivity index (χ4n) is 1.71. The van der Waals surface area contributed by atoms with Gasteiger partial charge in [-0.3, -0.25) is 0 Å². The molecule has 0 amide bonds. The lowest BCUT2D eigenvalue weighted by Crippen LogP contribution is -2.33. The summed E-state index contributed by atoms with van der Waals surface area (Å²) in [5.74, 6) is 0. The molecule has 0 radical (unpaired) electrons. The molecular weight excluding hydrogens is 198 g/mol. The summed E-state index contributed by atoms with van der Waals surface area (Å²) in [6.45, 7) is 10.8. The van der Waals surface area contributed by atoms with Gasteiger partial charge < -0.3 is 10.1 Å². The highest BCUT2D eigenvalue weighted by molar-refractivity contribution is 4.63. The molecule has 0 aliphatic carbocycles. The highest BCUT2D eigenvalue weighted by Gasteiger charge is 2.07. The fraction of sp³-hybridized carbons (Fsp3) is 1.00. The van der Waals surface area contributed by atoms with Crippen molar-refractivity contribution >= 4 is 0 Å².